The van der Waals surface area contributed by atoms with Crippen molar-refractivity contribution in [3.63, 3.8) is 0 Å². The summed E-state index contributed by atoms with van der Waals surface area (Å²) >= 11 is 0. The van der Waals surface area contributed by atoms with Crippen molar-refractivity contribution in [1.82, 2.24) is 0 Å². The van der Waals surface area contributed by atoms with Gasteiger partial charge < -0.3 is 20.2 Å². The van der Waals surface area contributed by atoms with E-state index in [-0.39, 0.29) is 18.6 Å². The summed E-state index contributed by atoms with van der Waals surface area (Å²) in [6, 6.07) is 9.15. The second-order valence-corrected chi connectivity index (χ2v) is 5.48. The molecule has 0 radical (unpaired) electrons. The van der Waals surface area contributed by atoms with Crippen LogP contribution in [-0.2, 0) is 6.54 Å². The average Bonchev–Trinajstić information content (AvgIpc) is 3.20. The van der Waals surface area contributed by atoms with Gasteiger partial charge in [0.1, 0.15) is 17.8 Å². The Balaban J connectivity index is 1.72. The number of hydrogen-bond donors (Lipinski definition) is 2. The quantitative estimate of drug-likeness (QED) is 0.888. The molecule has 0 saturated heterocycles. The minimum atomic E-state index is -0.231. The lowest BCUT2D eigenvalue weighted by molar-refractivity contribution is 0.102. The standard InChI is InChI=1S/C17H20N2O3/c18-10-14-9-12(11-21-14)17(20)19-15-7-3-4-8-16(15)22-13-5-1-2-6-13/h3-4,7-9,11,13H,1-2,5-6,10,18H2,(H,19,20). The summed E-state index contributed by atoms with van der Waals surface area (Å²) in [6.45, 7) is 0.272. The van der Waals surface area contributed by atoms with E-state index in [1.165, 1.54) is 19.1 Å². The number of amides is 1. The summed E-state index contributed by atoms with van der Waals surface area (Å²) in [5, 5.41) is 2.87. The van der Waals surface area contributed by atoms with E-state index in [1.54, 1.807) is 6.07 Å². The van der Waals surface area contributed by atoms with Crippen LogP contribution in [0.4, 0.5) is 5.69 Å². The Bertz CT molecular complexity index is 645. The molecule has 1 heterocycles. The molecule has 1 fully saturated rings. The van der Waals surface area contributed by atoms with E-state index < -0.39 is 0 Å². The molecule has 3 N–H and O–H groups in total. The molecule has 1 aliphatic rings. The summed E-state index contributed by atoms with van der Waals surface area (Å²) in [5.41, 5.74) is 6.62. The van der Waals surface area contributed by atoms with E-state index in [2.05, 4.69) is 5.32 Å². The first-order valence-corrected chi connectivity index (χ1v) is 7.61. The molecular weight excluding hydrogens is 280 g/mol. The van der Waals surface area contributed by atoms with Gasteiger partial charge in [0.2, 0.25) is 0 Å². The summed E-state index contributed by atoms with van der Waals surface area (Å²) in [6.07, 6.45) is 6.22. The lowest BCUT2D eigenvalue weighted by Gasteiger charge is -2.16. The van der Waals surface area contributed by atoms with Crippen LogP contribution in [0.2, 0.25) is 0 Å². The molecule has 116 valence electrons. The van der Waals surface area contributed by atoms with Crippen LogP contribution in [0.15, 0.2) is 41.0 Å². The highest BCUT2D eigenvalue weighted by molar-refractivity contribution is 6.04. The molecular formula is C17H20N2O3. The fourth-order valence-corrected chi connectivity index (χ4v) is 2.66. The molecule has 22 heavy (non-hydrogen) atoms. The van der Waals surface area contributed by atoms with Crippen LogP contribution in [0.3, 0.4) is 0 Å². The third-order valence-corrected chi connectivity index (χ3v) is 3.85. The first-order chi connectivity index (χ1) is 10.8. The van der Waals surface area contributed by atoms with Gasteiger partial charge in [-0.15, -0.1) is 0 Å². The van der Waals surface area contributed by atoms with Crippen LogP contribution in [0, 0.1) is 0 Å². The van der Waals surface area contributed by atoms with Gasteiger partial charge in [-0.25, -0.2) is 0 Å². The minimum absolute atomic E-state index is 0.231. The van der Waals surface area contributed by atoms with Crippen molar-refractivity contribution in [3.8, 4) is 5.75 Å². The maximum absolute atomic E-state index is 12.3. The fourth-order valence-electron chi connectivity index (χ4n) is 2.66. The maximum atomic E-state index is 12.3. The summed E-state index contributed by atoms with van der Waals surface area (Å²) in [5.74, 6) is 1.07. The number of para-hydroxylation sites is 2. The van der Waals surface area contributed by atoms with Crippen LogP contribution in [-0.4, -0.2) is 12.0 Å². The number of anilines is 1. The van der Waals surface area contributed by atoms with Crippen LogP contribution in [0.25, 0.3) is 0 Å². The molecule has 1 aromatic carbocycles. The summed E-state index contributed by atoms with van der Waals surface area (Å²) < 4.78 is 11.2. The molecule has 0 spiro atoms. The monoisotopic (exact) mass is 300 g/mol. The van der Waals surface area contributed by atoms with Crippen LogP contribution in [0.1, 0.15) is 41.8 Å². The predicted octanol–water partition coefficient (Wildman–Crippen LogP) is 3.31. The number of benzene rings is 1. The normalized spacial score (nSPS) is 15.0. The van der Waals surface area contributed by atoms with Crippen molar-refractivity contribution in [2.24, 2.45) is 5.73 Å². The van der Waals surface area contributed by atoms with Crippen molar-refractivity contribution in [2.45, 2.75) is 38.3 Å². The SMILES string of the molecule is NCc1cc(C(=O)Nc2ccccc2OC2CCCC2)co1. The Hall–Kier alpha value is -2.27. The van der Waals surface area contributed by atoms with Gasteiger partial charge in [-0.05, 0) is 43.9 Å². The van der Waals surface area contributed by atoms with Crippen molar-refractivity contribution in [3.05, 3.63) is 47.9 Å². The van der Waals surface area contributed by atoms with Gasteiger partial charge in [-0.2, -0.15) is 0 Å². The molecule has 5 nitrogen and oxygen atoms in total. The van der Waals surface area contributed by atoms with Crippen LogP contribution < -0.4 is 15.8 Å². The average molecular weight is 300 g/mol. The Morgan fingerprint density at radius 3 is 2.82 bits per heavy atom. The first kappa shape index (κ1) is 14.7. The van der Waals surface area contributed by atoms with Crippen molar-refractivity contribution in [2.75, 3.05) is 5.32 Å². The lowest BCUT2D eigenvalue weighted by atomic mass is 10.2. The van der Waals surface area contributed by atoms with Gasteiger partial charge in [-0.3, -0.25) is 4.79 Å². The highest BCUT2D eigenvalue weighted by atomic mass is 16.5. The Labute approximate surface area is 129 Å². The zero-order valence-corrected chi connectivity index (χ0v) is 12.4. The molecule has 5 heteroatoms. The molecule has 1 amide bonds. The first-order valence-electron chi connectivity index (χ1n) is 7.61. The third-order valence-electron chi connectivity index (χ3n) is 3.85. The fraction of sp³-hybridized carbons (Fsp3) is 0.353. The Morgan fingerprint density at radius 2 is 2.09 bits per heavy atom. The van der Waals surface area contributed by atoms with Gasteiger partial charge in [0, 0.05) is 0 Å². The second kappa shape index (κ2) is 6.66. The smallest absolute Gasteiger partial charge is 0.259 e. The molecule has 2 aromatic rings. The van der Waals surface area contributed by atoms with E-state index in [4.69, 9.17) is 14.9 Å². The van der Waals surface area contributed by atoms with Crippen molar-refractivity contribution in [1.29, 1.82) is 0 Å². The summed E-state index contributed by atoms with van der Waals surface area (Å²) in [4.78, 5) is 12.3. The molecule has 1 saturated carbocycles. The van der Waals surface area contributed by atoms with Crippen LogP contribution in [0.5, 0.6) is 5.75 Å². The van der Waals surface area contributed by atoms with Gasteiger partial charge in [-0.1, -0.05) is 12.1 Å². The predicted molar refractivity (Wildman–Crippen MR) is 83.9 cm³/mol. The van der Waals surface area contributed by atoms with Crippen molar-refractivity contribution < 1.29 is 13.9 Å². The van der Waals surface area contributed by atoms with E-state index in [0.29, 0.717) is 22.8 Å². The number of carbonyl (C=O) groups is 1. The molecule has 1 aliphatic carbocycles. The van der Waals surface area contributed by atoms with Crippen molar-refractivity contribution >= 4 is 11.6 Å². The van der Waals surface area contributed by atoms with E-state index >= 15 is 0 Å². The highest BCUT2D eigenvalue weighted by Gasteiger charge is 2.19. The van der Waals surface area contributed by atoms with Gasteiger partial charge in [0.25, 0.3) is 5.91 Å². The van der Waals surface area contributed by atoms with Gasteiger partial charge >= 0.3 is 0 Å². The van der Waals surface area contributed by atoms with E-state index in [9.17, 15) is 4.79 Å². The minimum Gasteiger partial charge on any atom is -0.488 e. The Kier molecular flexibility index (Phi) is 4.44. The van der Waals surface area contributed by atoms with E-state index in [0.717, 1.165) is 12.8 Å². The molecule has 1 aromatic heterocycles. The maximum Gasteiger partial charge on any atom is 0.259 e. The largest absolute Gasteiger partial charge is 0.488 e. The van der Waals surface area contributed by atoms with Gasteiger partial charge in [0.05, 0.1) is 23.9 Å². The zero-order valence-electron chi connectivity index (χ0n) is 12.4. The van der Waals surface area contributed by atoms with Crippen LogP contribution >= 0.6 is 0 Å². The number of carbonyl (C=O) groups excluding carboxylic acids is 1. The zero-order chi connectivity index (χ0) is 15.4. The molecule has 0 atom stereocenters. The Morgan fingerprint density at radius 1 is 1.32 bits per heavy atom. The summed E-state index contributed by atoms with van der Waals surface area (Å²) in [7, 11) is 0. The molecule has 0 aliphatic heterocycles. The molecule has 0 bridgehead atoms. The topological polar surface area (TPSA) is 77.5 Å². The third kappa shape index (κ3) is 3.31. The highest BCUT2D eigenvalue weighted by Crippen LogP contribution is 2.30. The molecule has 0 unspecified atom stereocenters. The number of nitrogens with one attached hydrogen (secondary N) is 1. The number of furan rings is 1. The lowest BCUT2D eigenvalue weighted by Crippen LogP contribution is -2.15. The number of nitrogens with two attached hydrogens (primary N) is 1. The van der Waals surface area contributed by atoms with Gasteiger partial charge in [0.15, 0.2) is 0 Å². The number of hydrogen-bond acceptors (Lipinski definition) is 4. The second-order valence-electron chi connectivity index (χ2n) is 5.48. The number of ether oxygens (including phenoxy) is 1. The number of rotatable bonds is 5. The van der Waals surface area contributed by atoms with E-state index in [1.807, 2.05) is 24.3 Å². The molecule has 3 rings (SSSR count).